The maximum atomic E-state index is 11.3. The molecule has 2 unspecified atom stereocenters. The standard InChI is InChI=1S/C17H23NO3/c1-17(2)10-14(13-7-3-4-8-15(13)21-17)18-9-5-6-12(11-18)16(19)20/h3-4,7-8,12,14H,5-6,9-11H2,1-2H3,(H,19,20). The molecule has 2 heterocycles. The molecule has 0 amide bonds. The lowest BCUT2D eigenvalue weighted by Gasteiger charge is -2.44. The molecule has 0 radical (unpaired) electrons. The van der Waals surface area contributed by atoms with Crippen molar-refractivity contribution in [2.45, 2.75) is 44.8 Å². The Kier molecular flexibility index (Phi) is 3.66. The van der Waals surface area contributed by atoms with Gasteiger partial charge in [-0.15, -0.1) is 0 Å². The van der Waals surface area contributed by atoms with Gasteiger partial charge in [-0.1, -0.05) is 18.2 Å². The number of aliphatic carboxylic acids is 1. The van der Waals surface area contributed by atoms with Crippen LogP contribution in [0.3, 0.4) is 0 Å². The molecule has 0 aliphatic carbocycles. The zero-order valence-electron chi connectivity index (χ0n) is 12.7. The second-order valence-corrected chi connectivity index (χ2v) is 6.79. The van der Waals surface area contributed by atoms with Crippen LogP contribution in [0.15, 0.2) is 24.3 Å². The Balaban J connectivity index is 1.88. The highest BCUT2D eigenvalue weighted by Gasteiger charge is 2.38. The molecule has 3 rings (SSSR count). The van der Waals surface area contributed by atoms with E-state index in [1.54, 1.807) is 0 Å². The predicted octanol–water partition coefficient (Wildman–Crippen LogP) is 3.09. The van der Waals surface area contributed by atoms with Gasteiger partial charge in [0.15, 0.2) is 0 Å². The van der Waals surface area contributed by atoms with Crippen LogP contribution in [-0.2, 0) is 4.79 Å². The Bertz CT molecular complexity index is 541. The lowest BCUT2D eigenvalue weighted by molar-refractivity contribution is -0.144. The number of piperidine rings is 1. The molecule has 1 saturated heterocycles. The number of hydrogen-bond donors (Lipinski definition) is 1. The highest BCUT2D eigenvalue weighted by Crippen LogP contribution is 2.43. The van der Waals surface area contributed by atoms with Gasteiger partial charge in [-0.2, -0.15) is 0 Å². The molecule has 4 heteroatoms. The number of hydrogen-bond acceptors (Lipinski definition) is 3. The minimum Gasteiger partial charge on any atom is -0.487 e. The third-order valence-corrected chi connectivity index (χ3v) is 4.59. The monoisotopic (exact) mass is 289 g/mol. The normalized spacial score (nSPS) is 28.5. The van der Waals surface area contributed by atoms with Crippen LogP contribution in [0.1, 0.15) is 44.7 Å². The van der Waals surface area contributed by atoms with E-state index in [0.29, 0.717) is 6.54 Å². The molecule has 1 N–H and O–H groups in total. The average molecular weight is 289 g/mol. The van der Waals surface area contributed by atoms with E-state index in [9.17, 15) is 9.90 Å². The summed E-state index contributed by atoms with van der Waals surface area (Å²) in [5.41, 5.74) is 0.984. The Morgan fingerprint density at radius 3 is 2.90 bits per heavy atom. The summed E-state index contributed by atoms with van der Waals surface area (Å²) in [7, 11) is 0. The predicted molar refractivity (Wildman–Crippen MR) is 80.4 cm³/mol. The van der Waals surface area contributed by atoms with Crippen molar-refractivity contribution in [3.05, 3.63) is 29.8 Å². The Morgan fingerprint density at radius 2 is 2.14 bits per heavy atom. The topological polar surface area (TPSA) is 49.8 Å². The van der Waals surface area contributed by atoms with Crippen molar-refractivity contribution in [1.82, 2.24) is 4.90 Å². The van der Waals surface area contributed by atoms with Gasteiger partial charge >= 0.3 is 5.97 Å². The molecule has 114 valence electrons. The molecule has 2 aliphatic rings. The van der Waals surface area contributed by atoms with Gasteiger partial charge in [0.05, 0.1) is 5.92 Å². The Labute approximate surface area is 125 Å². The van der Waals surface area contributed by atoms with Gasteiger partial charge in [-0.25, -0.2) is 0 Å². The van der Waals surface area contributed by atoms with Gasteiger partial charge < -0.3 is 9.84 Å². The Hall–Kier alpha value is -1.55. The van der Waals surface area contributed by atoms with Crippen LogP contribution >= 0.6 is 0 Å². The highest BCUT2D eigenvalue weighted by atomic mass is 16.5. The molecule has 21 heavy (non-hydrogen) atoms. The third-order valence-electron chi connectivity index (χ3n) is 4.59. The van der Waals surface area contributed by atoms with Crippen molar-refractivity contribution in [3.63, 3.8) is 0 Å². The summed E-state index contributed by atoms with van der Waals surface area (Å²) in [4.78, 5) is 13.6. The molecule has 1 aromatic rings. The number of benzene rings is 1. The molecule has 2 aliphatic heterocycles. The van der Waals surface area contributed by atoms with Gasteiger partial charge in [0.2, 0.25) is 0 Å². The van der Waals surface area contributed by atoms with E-state index in [-0.39, 0.29) is 17.6 Å². The van der Waals surface area contributed by atoms with Crippen LogP contribution in [0.5, 0.6) is 5.75 Å². The van der Waals surface area contributed by atoms with E-state index in [0.717, 1.165) is 31.6 Å². The van der Waals surface area contributed by atoms with Crippen LogP contribution in [-0.4, -0.2) is 34.7 Å². The van der Waals surface area contributed by atoms with Crippen molar-refractivity contribution in [2.24, 2.45) is 5.92 Å². The zero-order valence-corrected chi connectivity index (χ0v) is 12.7. The van der Waals surface area contributed by atoms with Crippen molar-refractivity contribution < 1.29 is 14.6 Å². The largest absolute Gasteiger partial charge is 0.487 e. The van der Waals surface area contributed by atoms with E-state index in [2.05, 4.69) is 24.8 Å². The number of likely N-dealkylation sites (tertiary alicyclic amines) is 1. The van der Waals surface area contributed by atoms with Crippen molar-refractivity contribution in [1.29, 1.82) is 0 Å². The maximum Gasteiger partial charge on any atom is 0.307 e. The summed E-state index contributed by atoms with van der Waals surface area (Å²) >= 11 is 0. The van der Waals surface area contributed by atoms with Gasteiger partial charge in [-0.3, -0.25) is 9.69 Å². The smallest absolute Gasteiger partial charge is 0.307 e. The number of carboxylic acids is 1. The molecule has 4 nitrogen and oxygen atoms in total. The van der Waals surface area contributed by atoms with E-state index in [1.807, 2.05) is 18.2 Å². The first-order valence-corrected chi connectivity index (χ1v) is 7.71. The molecule has 0 saturated carbocycles. The number of nitrogens with zero attached hydrogens (tertiary/aromatic N) is 1. The first kappa shape index (κ1) is 14.4. The number of para-hydroxylation sites is 1. The number of fused-ring (bicyclic) bond motifs is 1. The minimum absolute atomic E-state index is 0.213. The summed E-state index contributed by atoms with van der Waals surface area (Å²) in [6.07, 6.45) is 2.65. The quantitative estimate of drug-likeness (QED) is 0.909. The lowest BCUT2D eigenvalue weighted by atomic mass is 9.86. The van der Waals surface area contributed by atoms with Gasteiger partial charge in [0.25, 0.3) is 0 Å². The summed E-state index contributed by atoms with van der Waals surface area (Å²) in [6.45, 7) is 5.83. The minimum atomic E-state index is -0.667. The fourth-order valence-corrected chi connectivity index (χ4v) is 3.58. The van der Waals surface area contributed by atoms with E-state index < -0.39 is 5.97 Å². The van der Waals surface area contributed by atoms with Crippen LogP contribution in [0.2, 0.25) is 0 Å². The van der Waals surface area contributed by atoms with Crippen molar-refractivity contribution in [2.75, 3.05) is 13.1 Å². The van der Waals surface area contributed by atoms with E-state index in [4.69, 9.17) is 4.74 Å². The van der Waals surface area contributed by atoms with E-state index >= 15 is 0 Å². The Morgan fingerprint density at radius 1 is 1.38 bits per heavy atom. The maximum absolute atomic E-state index is 11.3. The summed E-state index contributed by atoms with van der Waals surface area (Å²) in [6, 6.07) is 8.41. The molecule has 0 bridgehead atoms. The fraction of sp³-hybridized carbons (Fsp3) is 0.588. The summed E-state index contributed by atoms with van der Waals surface area (Å²) < 4.78 is 6.07. The average Bonchev–Trinajstić information content (AvgIpc) is 2.45. The zero-order chi connectivity index (χ0) is 15.0. The second-order valence-electron chi connectivity index (χ2n) is 6.79. The van der Waals surface area contributed by atoms with Crippen molar-refractivity contribution in [3.8, 4) is 5.75 Å². The fourth-order valence-electron chi connectivity index (χ4n) is 3.58. The molecular weight excluding hydrogens is 266 g/mol. The number of carbonyl (C=O) groups is 1. The van der Waals surface area contributed by atoms with Gasteiger partial charge in [-0.05, 0) is 39.3 Å². The number of carboxylic acid groups (broad SMARTS) is 1. The van der Waals surface area contributed by atoms with Gasteiger partial charge in [0, 0.05) is 24.6 Å². The number of ether oxygens (including phenoxy) is 1. The summed E-state index contributed by atoms with van der Waals surface area (Å²) in [5, 5.41) is 9.30. The molecule has 1 fully saturated rings. The molecular formula is C17H23NO3. The molecule has 2 atom stereocenters. The third kappa shape index (κ3) is 2.91. The van der Waals surface area contributed by atoms with Crippen LogP contribution in [0.4, 0.5) is 0 Å². The van der Waals surface area contributed by atoms with Crippen LogP contribution < -0.4 is 4.74 Å². The summed E-state index contributed by atoms with van der Waals surface area (Å²) in [5.74, 6) is 0.0346. The first-order chi connectivity index (χ1) is 9.96. The van der Waals surface area contributed by atoms with Crippen LogP contribution in [0, 0.1) is 5.92 Å². The SMILES string of the molecule is CC1(C)CC(N2CCCC(C(=O)O)C2)c2ccccc2O1. The second kappa shape index (κ2) is 5.34. The lowest BCUT2D eigenvalue weighted by Crippen LogP contribution is -2.46. The first-order valence-electron chi connectivity index (χ1n) is 7.71. The van der Waals surface area contributed by atoms with Crippen molar-refractivity contribution >= 4 is 5.97 Å². The molecule has 0 spiro atoms. The van der Waals surface area contributed by atoms with E-state index in [1.165, 1.54) is 5.56 Å². The molecule has 0 aromatic heterocycles. The van der Waals surface area contributed by atoms with Gasteiger partial charge in [0.1, 0.15) is 11.4 Å². The molecule has 1 aromatic carbocycles. The number of rotatable bonds is 2. The van der Waals surface area contributed by atoms with Crippen LogP contribution in [0.25, 0.3) is 0 Å². The highest BCUT2D eigenvalue weighted by molar-refractivity contribution is 5.70.